The van der Waals surface area contributed by atoms with E-state index in [-0.39, 0.29) is 24.1 Å². The molecule has 2 rings (SSSR count). The van der Waals surface area contributed by atoms with Crippen molar-refractivity contribution in [1.29, 1.82) is 0 Å². The van der Waals surface area contributed by atoms with E-state index in [1.165, 1.54) is 19.1 Å². The quantitative estimate of drug-likeness (QED) is 0.635. The number of benzene rings is 1. The van der Waals surface area contributed by atoms with Crippen molar-refractivity contribution in [3.8, 4) is 5.75 Å². The van der Waals surface area contributed by atoms with E-state index < -0.39 is 5.97 Å². The largest absolute Gasteiger partial charge is 0.490 e. The van der Waals surface area contributed by atoms with Gasteiger partial charge in [0.15, 0.2) is 0 Å². The normalized spacial score (nSPS) is 14.7. The van der Waals surface area contributed by atoms with E-state index in [2.05, 4.69) is 10.1 Å². The first-order valence-electron chi connectivity index (χ1n) is 8.62. The lowest BCUT2D eigenvalue weighted by atomic mass is 10.1. The molecule has 1 aromatic rings. The molecular weight excluding hydrogens is 341 g/mol. The van der Waals surface area contributed by atoms with Crippen LogP contribution in [0.3, 0.4) is 0 Å². The van der Waals surface area contributed by atoms with Gasteiger partial charge >= 0.3 is 5.97 Å². The highest BCUT2D eigenvalue weighted by Gasteiger charge is 2.17. The molecule has 0 bridgehead atoms. The molecular formula is C19H28FNO5. The van der Waals surface area contributed by atoms with E-state index in [0.717, 1.165) is 25.9 Å². The predicted molar refractivity (Wildman–Crippen MR) is 95.3 cm³/mol. The molecule has 1 aromatic carbocycles. The number of carbonyl (C=O) groups is 2. The topological polar surface area (TPSA) is 73.9 Å². The van der Waals surface area contributed by atoms with E-state index in [1.807, 2.05) is 20.8 Å². The lowest BCUT2D eigenvalue weighted by Crippen LogP contribution is -2.34. The number of rotatable bonds is 5. The molecule has 1 fully saturated rings. The average Bonchev–Trinajstić information content (AvgIpc) is 2.55. The summed E-state index contributed by atoms with van der Waals surface area (Å²) in [5.74, 6) is -0.161. The number of carbonyl (C=O) groups excluding carboxylic acids is 2. The van der Waals surface area contributed by atoms with Gasteiger partial charge in [-0.25, -0.2) is 4.39 Å². The van der Waals surface area contributed by atoms with Crippen molar-refractivity contribution in [3.05, 3.63) is 29.6 Å². The molecule has 0 radical (unpaired) electrons. The summed E-state index contributed by atoms with van der Waals surface area (Å²) >= 11 is 0. The first-order valence-corrected chi connectivity index (χ1v) is 8.62. The van der Waals surface area contributed by atoms with Gasteiger partial charge in [0, 0.05) is 12.5 Å². The second-order valence-electron chi connectivity index (χ2n) is 6.93. The van der Waals surface area contributed by atoms with E-state index in [9.17, 15) is 14.0 Å². The zero-order valence-electron chi connectivity index (χ0n) is 15.8. The highest BCUT2D eigenvalue weighted by Crippen LogP contribution is 2.24. The van der Waals surface area contributed by atoms with Crippen molar-refractivity contribution in [1.82, 2.24) is 5.32 Å². The summed E-state index contributed by atoms with van der Waals surface area (Å²) in [7, 11) is 0. The van der Waals surface area contributed by atoms with Crippen LogP contribution in [0.2, 0.25) is 0 Å². The lowest BCUT2D eigenvalue weighted by molar-refractivity contribution is -0.142. The molecule has 0 unspecified atom stereocenters. The third-order valence-electron chi connectivity index (χ3n) is 3.43. The Balaban J connectivity index is 0.000000412. The number of esters is 1. The van der Waals surface area contributed by atoms with Gasteiger partial charge in [0.25, 0.3) is 6.47 Å². The summed E-state index contributed by atoms with van der Waals surface area (Å²) in [5, 5.41) is 3.25. The van der Waals surface area contributed by atoms with Gasteiger partial charge in [0.05, 0.1) is 0 Å². The molecule has 0 aromatic heterocycles. The van der Waals surface area contributed by atoms with Gasteiger partial charge in [-0.3, -0.25) is 9.59 Å². The number of hydrogen-bond acceptors (Lipinski definition) is 6. The molecule has 0 aliphatic carbocycles. The Hall–Kier alpha value is -2.15. The molecule has 0 atom stereocenters. The van der Waals surface area contributed by atoms with E-state index in [1.54, 1.807) is 6.07 Å². The van der Waals surface area contributed by atoms with Crippen LogP contribution in [0, 0.1) is 5.82 Å². The van der Waals surface area contributed by atoms with Gasteiger partial charge in [-0.05, 0) is 64.9 Å². The zero-order chi connectivity index (χ0) is 19.6. The monoisotopic (exact) mass is 369 g/mol. The first kappa shape index (κ1) is 21.9. The molecule has 146 valence electrons. The fourth-order valence-corrected chi connectivity index (χ4v) is 2.19. The van der Waals surface area contributed by atoms with E-state index >= 15 is 0 Å². The van der Waals surface area contributed by atoms with Crippen LogP contribution in [0.5, 0.6) is 5.75 Å². The highest BCUT2D eigenvalue weighted by molar-refractivity contribution is 5.66. The molecule has 0 amide bonds. The summed E-state index contributed by atoms with van der Waals surface area (Å²) < 4.78 is 28.6. The molecule has 0 saturated carbocycles. The standard InChI is InChI=1S/C14H18FNO3.C5H10O2/c1-10(17)18-9-11-8-12(15)2-3-14(11)19-13-4-6-16-7-5-13;1-5(2,3)7-4-6/h2-3,8,13,16H,4-7,9H2,1H3;4H,1-3H3. The lowest BCUT2D eigenvalue weighted by Gasteiger charge is -2.25. The van der Waals surface area contributed by atoms with E-state index in [4.69, 9.17) is 9.47 Å². The van der Waals surface area contributed by atoms with Crippen molar-refractivity contribution in [2.75, 3.05) is 13.1 Å². The number of nitrogens with one attached hydrogen (secondary N) is 1. The maximum Gasteiger partial charge on any atom is 0.302 e. The molecule has 6 nitrogen and oxygen atoms in total. The molecule has 1 aliphatic rings. The second-order valence-corrected chi connectivity index (χ2v) is 6.93. The summed E-state index contributed by atoms with van der Waals surface area (Å²) in [6.45, 7) is 9.13. The average molecular weight is 369 g/mol. The summed E-state index contributed by atoms with van der Waals surface area (Å²) in [5.41, 5.74) is 0.246. The van der Waals surface area contributed by atoms with Crippen LogP contribution < -0.4 is 10.1 Å². The van der Waals surface area contributed by atoms with Gasteiger partial charge in [-0.1, -0.05) is 0 Å². The van der Waals surface area contributed by atoms with Crippen molar-refractivity contribution in [2.45, 2.75) is 58.8 Å². The number of piperidine rings is 1. The van der Waals surface area contributed by atoms with Crippen molar-refractivity contribution < 1.29 is 28.2 Å². The summed E-state index contributed by atoms with van der Waals surface area (Å²) in [4.78, 5) is 20.4. The number of halogens is 1. The van der Waals surface area contributed by atoms with Crippen LogP contribution in [0.25, 0.3) is 0 Å². The molecule has 0 spiro atoms. The zero-order valence-corrected chi connectivity index (χ0v) is 15.8. The maximum atomic E-state index is 13.2. The Labute approximate surface area is 154 Å². The van der Waals surface area contributed by atoms with Crippen LogP contribution in [0.1, 0.15) is 46.1 Å². The Morgan fingerprint density at radius 1 is 1.31 bits per heavy atom. The molecule has 1 N–H and O–H groups in total. The van der Waals surface area contributed by atoms with Crippen molar-refractivity contribution in [3.63, 3.8) is 0 Å². The summed E-state index contributed by atoms with van der Waals surface area (Å²) in [6.07, 6.45) is 1.97. The smallest absolute Gasteiger partial charge is 0.302 e. The van der Waals surface area contributed by atoms with Crippen LogP contribution in [0.4, 0.5) is 4.39 Å². The Kier molecular flexibility index (Phi) is 9.05. The van der Waals surface area contributed by atoms with Gasteiger partial charge in [-0.2, -0.15) is 0 Å². The van der Waals surface area contributed by atoms with Crippen molar-refractivity contribution >= 4 is 12.4 Å². The molecule has 1 aliphatic heterocycles. The summed E-state index contributed by atoms with van der Waals surface area (Å²) in [6, 6.07) is 4.29. The molecule has 7 heteroatoms. The van der Waals surface area contributed by atoms with Gasteiger partial charge in [-0.15, -0.1) is 0 Å². The Morgan fingerprint density at radius 3 is 2.46 bits per heavy atom. The Bertz CT molecular complexity index is 580. The fraction of sp³-hybridized carbons (Fsp3) is 0.579. The van der Waals surface area contributed by atoms with Gasteiger partial charge in [0.1, 0.15) is 29.9 Å². The first-order chi connectivity index (χ1) is 12.2. The van der Waals surface area contributed by atoms with E-state index in [0.29, 0.717) is 17.8 Å². The maximum absolute atomic E-state index is 13.2. The minimum Gasteiger partial charge on any atom is -0.490 e. The fourth-order valence-electron chi connectivity index (χ4n) is 2.19. The minimum absolute atomic E-state index is 0.0351. The third kappa shape index (κ3) is 9.36. The molecule has 1 saturated heterocycles. The van der Waals surface area contributed by atoms with Gasteiger partial charge < -0.3 is 19.5 Å². The Morgan fingerprint density at radius 2 is 1.96 bits per heavy atom. The molecule has 1 heterocycles. The number of ether oxygens (including phenoxy) is 3. The van der Waals surface area contributed by atoms with Crippen LogP contribution in [-0.2, 0) is 25.7 Å². The SMILES string of the molecule is CC(=O)OCc1cc(F)ccc1OC1CCNCC1.CC(C)(C)OC=O. The number of hydrogen-bond donors (Lipinski definition) is 1. The second kappa shape index (κ2) is 10.8. The predicted octanol–water partition coefficient (Wildman–Crippen LogP) is 2.98. The van der Waals surface area contributed by atoms with Crippen molar-refractivity contribution in [2.24, 2.45) is 0 Å². The third-order valence-corrected chi connectivity index (χ3v) is 3.43. The molecule has 26 heavy (non-hydrogen) atoms. The van der Waals surface area contributed by atoms with Gasteiger partial charge in [0.2, 0.25) is 0 Å². The minimum atomic E-state index is -0.392. The van der Waals surface area contributed by atoms with Crippen LogP contribution >= 0.6 is 0 Å². The van der Waals surface area contributed by atoms with Crippen LogP contribution in [-0.4, -0.2) is 37.2 Å². The van der Waals surface area contributed by atoms with Crippen LogP contribution in [0.15, 0.2) is 18.2 Å². The highest BCUT2D eigenvalue weighted by atomic mass is 19.1.